The lowest BCUT2D eigenvalue weighted by Crippen LogP contribution is -2.02. The topological polar surface area (TPSA) is 201 Å². The first-order valence-corrected chi connectivity index (χ1v) is 6.53. The van der Waals surface area contributed by atoms with Crippen molar-refractivity contribution in [1.29, 1.82) is 0 Å². The van der Waals surface area contributed by atoms with Crippen molar-refractivity contribution in [3.05, 3.63) is 0 Å². The molecule has 0 aromatic heterocycles. The smallest absolute Gasteiger partial charge is 0.300 e. The summed E-state index contributed by atoms with van der Waals surface area (Å²) in [6.45, 7) is 5.94. The van der Waals surface area contributed by atoms with Crippen LogP contribution < -0.4 is 11.5 Å². The molecule has 0 aliphatic heterocycles. The molecule has 0 fully saturated rings. The van der Waals surface area contributed by atoms with E-state index in [4.69, 9.17) is 51.1 Å². The summed E-state index contributed by atoms with van der Waals surface area (Å²) in [5, 5.41) is 29.7. The number of carboxylic acids is 4. The molecule has 23 heavy (non-hydrogen) atoms. The molecule has 8 N–H and O–H groups in total. The summed E-state index contributed by atoms with van der Waals surface area (Å²) in [4.78, 5) is 36.0. The average Bonchev–Trinajstić information content (AvgIpc) is 2.26. The Bertz CT molecular complexity index is 228. The second-order valence-electron chi connectivity index (χ2n) is 3.71. The number of rotatable bonds is 4. The zero-order valence-electron chi connectivity index (χ0n) is 14.1. The molecule has 0 bridgehead atoms. The van der Waals surface area contributed by atoms with Gasteiger partial charge in [0.05, 0.1) is 0 Å². The zero-order chi connectivity index (χ0) is 19.8. The molecule has 0 aromatic rings. The third-order valence-corrected chi connectivity index (χ3v) is 0.908. The molecule has 10 heteroatoms. The predicted molar refractivity (Wildman–Crippen MR) is 85.2 cm³/mol. The van der Waals surface area contributed by atoms with E-state index in [1.165, 1.54) is 6.42 Å². The second-order valence-corrected chi connectivity index (χ2v) is 3.71. The summed E-state index contributed by atoms with van der Waals surface area (Å²) < 4.78 is 0. The largest absolute Gasteiger partial charge is 0.481 e. The quantitative estimate of drug-likeness (QED) is 0.389. The zero-order valence-corrected chi connectivity index (χ0v) is 14.1. The van der Waals surface area contributed by atoms with Crippen molar-refractivity contribution >= 4 is 23.9 Å². The first-order chi connectivity index (χ1) is 10.3. The van der Waals surface area contributed by atoms with Crippen LogP contribution >= 0.6 is 0 Å². The Morgan fingerprint density at radius 3 is 0.783 bits per heavy atom. The molecule has 0 heterocycles. The van der Waals surface area contributed by atoms with Crippen molar-refractivity contribution < 1.29 is 39.6 Å². The second kappa shape index (κ2) is 31.9. The fraction of sp³-hybridized carbons (Fsp3) is 0.692. The van der Waals surface area contributed by atoms with E-state index < -0.39 is 23.9 Å². The molecule has 0 rings (SSSR count). The molecule has 0 saturated carbocycles. The van der Waals surface area contributed by atoms with Crippen LogP contribution in [-0.2, 0) is 19.2 Å². The maximum atomic E-state index is 9.00. The number of unbranched alkanes of at least 4 members (excludes halogenated alkanes) is 2. The van der Waals surface area contributed by atoms with E-state index in [0.717, 1.165) is 53.6 Å². The molecule has 0 aromatic carbocycles. The maximum Gasteiger partial charge on any atom is 0.300 e. The van der Waals surface area contributed by atoms with Gasteiger partial charge in [-0.25, -0.2) is 0 Å². The van der Waals surface area contributed by atoms with Gasteiger partial charge < -0.3 is 31.9 Å². The third kappa shape index (κ3) is 1940. The van der Waals surface area contributed by atoms with Gasteiger partial charge in [-0.05, 0) is 25.9 Å². The third-order valence-electron chi connectivity index (χ3n) is 0.908. The molecule has 0 aliphatic rings. The molecule has 0 aliphatic carbocycles. The van der Waals surface area contributed by atoms with Gasteiger partial charge in [-0.3, -0.25) is 19.2 Å². The lowest BCUT2D eigenvalue weighted by Gasteiger charge is -1.91. The van der Waals surface area contributed by atoms with Gasteiger partial charge in [0.1, 0.15) is 0 Å². The van der Waals surface area contributed by atoms with Crippen molar-refractivity contribution in [2.24, 2.45) is 11.5 Å². The highest BCUT2D eigenvalue weighted by molar-refractivity contribution is 5.63. The summed E-state index contributed by atoms with van der Waals surface area (Å²) in [5.41, 5.74) is 10.5. The number of carbonyl (C=O) groups is 4. The Balaban J connectivity index is -0.0000000604. The van der Waals surface area contributed by atoms with Crippen LogP contribution in [0, 0.1) is 0 Å². The van der Waals surface area contributed by atoms with Gasteiger partial charge in [-0.15, -0.1) is 0 Å². The standard InChI is InChI=1S/C5H14N2.4C2H4O2/c6-4-2-1-3-5-7;4*1-2(3)4/h1-7H2;4*1H3,(H,3,4). The van der Waals surface area contributed by atoms with Gasteiger partial charge in [-0.1, -0.05) is 6.42 Å². The Labute approximate surface area is 136 Å². The van der Waals surface area contributed by atoms with E-state index in [-0.39, 0.29) is 0 Å². The molecular formula is C13H30N2O8. The molecule has 0 spiro atoms. The van der Waals surface area contributed by atoms with Crippen molar-refractivity contribution in [2.75, 3.05) is 13.1 Å². The van der Waals surface area contributed by atoms with E-state index in [1.807, 2.05) is 0 Å². The Kier molecular flexibility index (Phi) is 45.4. The fourth-order valence-corrected chi connectivity index (χ4v) is 0.465. The lowest BCUT2D eigenvalue weighted by molar-refractivity contribution is -0.135. The van der Waals surface area contributed by atoms with E-state index >= 15 is 0 Å². The van der Waals surface area contributed by atoms with Crippen LogP contribution in [0.4, 0.5) is 0 Å². The van der Waals surface area contributed by atoms with Gasteiger partial charge in [0, 0.05) is 27.7 Å². The average molecular weight is 342 g/mol. The van der Waals surface area contributed by atoms with Crippen LogP contribution in [-0.4, -0.2) is 57.4 Å². The highest BCUT2D eigenvalue weighted by atomic mass is 16.4. The molecule has 0 amide bonds. The number of carboxylic acid groups (broad SMARTS) is 4. The Hall–Kier alpha value is -2.20. The number of hydrogen-bond donors (Lipinski definition) is 6. The SMILES string of the molecule is CC(=O)O.CC(=O)O.CC(=O)O.CC(=O)O.NCCCCCN. The van der Waals surface area contributed by atoms with Crippen LogP contribution in [0.2, 0.25) is 0 Å². The number of aliphatic carboxylic acids is 4. The minimum Gasteiger partial charge on any atom is -0.481 e. The summed E-state index contributed by atoms with van der Waals surface area (Å²) in [6, 6.07) is 0. The van der Waals surface area contributed by atoms with Crippen molar-refractivity contribution in [3.63, 3.8) is 0 Å². The Morgan fingerprint density at radius 1 is 0.565 bits per heavy atom. The number of nitrogens with two attached hydrogens (primary N) is 2. The van der Waals surface area contributed by atoms with Crippen LogP contribution in [0.5, 0.6) is 0 Å². The lowest BCUT2D eigenvalue weighted by atomic mass is 10.2. The van der Waals surface area contributed by atoms with Crippen molar-refractivity contribution in [1.82, 2.24) is 0 Å². The molecule has 140 valence electrons. The molecular weight excluding hydrogens is 312 g/mol. The summed E-state index contributed by atoms with van der Waals surface area (Å²) in [5.74, 6) is -3.33. The first-order valence-electron chi connectivity index (χ1n) is 6.53. The van der Waals surface area contributed by atoms with Crippen LogP contribution in [0.25, 0.3) is 0 Å². The van der Waals surface area contributed by atoms with Gasteiger partial charge >= 0.3 is 0 Å². The minimum atomic E-state index is -0.833. The normalized spacial score (nSPS) is 7.22. The fourth-order valence-electron chi connectivity index (χ4n) is 0.465. The van der Waals surface area contributed by atoms with Crippen molar-refractivity contribution in [2.45, 2.75) is 47.0 Å². The van der Waals surface area contributed by atoms with E-state index in [9.17, 15) is 0 Å². The van der Waals surface area contributed by atoms with Gasteiger partial charge in [0.2, 0.25) is 0 Å². The van der Waals surface area contributed by atoms with Gasteiger partial charge in [0.15, 0.2) is 0 Å². The molecule has 10 nitrogen and oxygen atoms in total. The minimum absolute atomic E-state index is 0.806. The maximum absolute atomic E-state index is 9.00. The van der Waals surface area contributed by atoms with Crippen LogP contribution in [0.3, 0.4) is 0 Å². The van der Waals surface area contributed by atoms with Crippen molar-refractivity contribution in [3.8, 4) is 0 Å². The van der Waals surface area contributed by atoms with Crippen LogP contribution in [0.15, 0.2) is 0 Å². The van der Waals surface area contributed by atoms with E-state index in [1.54, 1.807) is 0 Å². The van der Waals surface area contributed by atoms with E-state index in [0.29, 0.717) is 0 Å². The van der Waals surface area contributed by atoms with Gasteiger partial charge in [0.25, 0.3) is 23.9 Å². The first kappa shape index (κ1) is 32.7. The highest BCUT2D eigenvalue weighted by Crippen LogP contribution is 1.88. The molecule has 0 radical (unpaired) electrons. The number of hydrogen-bond acceptors (Lipinski definition) is 6. The predicted octanol–water partition coefficient (Wildman–Crippen LogP) is 0.438. The highest BCUT2D eigenvalue weighted by Gasteiger charge is 1.80. The molecule has 0 unspecified atom stereocenters. The Morgan fingerprint density at radius 2 is 0.696 bits per heavy atom. The van der Waals surface area contributed by atoms with E-state index in [2.05, 4.69) is 0 Å². The molecule has 0 atom stereocenters. The van der Waals surface area contributed by atoms with Crippen LogP contribution in [0.1, 0.15) is 47.0 Å². The monoisotopic (exact) mass is 342 g/mol. The molecule has 0 saturated heterocycles. The summed E-state index contributed by atoms with van der Waals surface area (Å²) in [7, 11) is 0. The summed E-state index contributed by atoms with van der Waals surface area (Å²) in [6.07, 6.45) is 3.43. The van der Waals surface area contributed by atoms with Gasteiger partial charge in [-0.2, -0.15) is 0 Å². The summed E-state index contributed by atoms with van der Waals surface area (Å²) >= 11 is 0.